The Kier molecular flexibility index (Phi) is 2.88. The van der Waals surface area contributed by atoms with Crippen molar-refractivity contribution in [3.63, 3.8) is 0 Å². The molecular weight excluding hydrogens is 220 g/mol. The van der Waals surface area contributed by atoms with Crippen LogP contribution >= 0.6 is 23.4 Å². The Morgan fingerprint density at radius 3 is 3.14 bits per heavy atom. The molecule has 0 amide bonds. The van der Waals surface area contributed by atoms with Gasteiger partial charge in [0.2, 0.25) is 0 Å². The summed E-state index contributed by atoms with van der Waals surface area (Å²) in [6, 6.07) is 0. The first kappa shape index (κ1) is 9.73. The molecule has 0 aliphatic carbocycles. The quantitative estimate of drug-likeness (QED) is 0.802. The highest BCUT2D eigenvalue weighted by atomic mass is 35.5. The summed E-state index contributed by atoms with van der Waals surface area (Å²) < 4.78 is 1.88. The highest BCUT2D eigenvalue weighted by molar-refractivity contribution is 7.98. The van der Waals surface area contributed by atoms with Gasteiger partial charge < -0.3 is 0 Å². The molecule has 4 nitrogen and oxygen atoms in total. The highest BCUT2D eigenvalue weighted by Crippen LogP contribution is 2.13. The van der Waals surface area contributed by atoms with Gasteiger partial charge in [0, 0.05) is 24.6 Å². The molecule has 0 N–H and O–H groups in total. The Morgan fingerprint density at radius 1 is 1.50 bits per heavy atom. The molecule has 0 saturated carbocycles. The maximum atomic E-state index is 5.86. The van der Waals surface area contributed by atoms with Gasteiger partial charge in [-0.2, -0.15) is 11.8 Å². The lowest BCUT2D eigenvalue weighted by atomic mass is 10.4. The van der Waals surface area contributed by atoms with Gasteiger partial charge in [-0.05, 0) is 6.26 Å². The predicted octanol–water partition coefficient (Wildman–Crippen LogP) is 1.68. The van der Waals surface area contributed by atoms with Crippen molar-refractivity contribution >= 4 is 29.0 Å². The molecule has 74 valence electrons. The average molecular weight is 229 g/mol. The number of hydrogen-bond donors (Lipinski definition) is 0. The van der Waals surface area contributed by atoms with Gasteiger partial charge in [-0.1, -0.05) is 11.6 Å². The van der Waals surface area contributed by atoms with E-state index in [1.807, 2.05) is 10.6 Å². The molecule has 2 aromatic rings. The molecule has 2 heterocycles. The molecule has 0 atom stereocenters. The maximum absolute atomic E-state index is 5.86. The molecule has 0 saturated heterocycles. The van der Waals surface area contributed by atoms with E-state index >= 15 is 0 Å². The van der Waals surface area contributed by atoms with Gasteiger partial charge in [0.1, 0.15) is 5.82 Å². The third-order valence-electron chi connectivity index (χ3n) is 1.88. The van der Waals surface area contributed by atoms with E-state index in [9.17, 15) is 0 Å². The minimum absolute atomic E-state index is 0.399. The zero-order chi connectivity index (χ0) is 9.97. The lowest BCUT2D eigenvalue weighted by Crippen LogP contribution is -1.97. The number of aryl methyl sites for hydroxylation is 1. The summed E-state index contributed by atoms with van der Waals surface area (Å²) in [5.74, 6) is 1.96. The molecule has 2 rings (SSSR count). The number of nitrogens with zero attached hydrogens (tertiary/aromatic N) is 4. The molecule has 0 spiro atoms. The lowest BCUT2D eigenvalue weighted by molar-refractivity contribution is 0.914. The van der Waals surface area contributed by atoms with Crippen LogP contribution in [0, 0.1) is 0 Å². The monoisotopic (exact) mass is 228 g/mol. The Labute approximate surface area is 90.7 Å². The second-order valence-corrected chi connectivity index (χ2v) is 4.11. The van der Waals surface area contributed by atoms with E-state index in [2.05, 4.69) is 21.4 Å². The van der Waals surface area contributed by atoms with Crippen LogP contribution in [0.2, 0.25) is 5.15 Å². The zero-order valence-electron chi connectivity index (χ0n) is 7.64. The van der Waals surface area contributed by atoms with Crippen LogP contribution in [0.1, 0.15) is 5.82 Å². The summed E-state index contributed by atoms with van der Waals surface area (Å²) in [5, 5.41) is 8.45. The molecule has 6 heteroatoms. The Bertz CT molecular complexity index is 442. The van der Waals surface area contributed by atoms with Gasteiger partial charge in [-0.25, -0.2) is 4.98 Å². The minimum atomic E-state index is 0.399. The molecule has 0 aliphatic heterocycles. The first-order valence-electron chi connectivity index (χ1n) is 4.16. The fraction of sp³-hybridized carbons (Fsp3) is 0.375. The van der Waals surface area contributed by atoms with Crippen LogP contribution < -0.4 is 0 Å². The number of rotatable bonds is 3. The van der Waals surface area contributed by atoms with Gasteiger partial charge in [-0.15, -0.1) is 10.2 Å². The van der Waals surface area contributed by atoms with Crippen LogP contribution in [-0.2, 0) is 6.42 Å². The van der Waals surface area contributed by atoms with E-state index in [0.29, 0.717) is 10.8 Å². The van der Waals surface area contributed by atoms with Crippen molar-refractivity contribution in [3.8, 4) is 0 Å². The summed E-state index contributed by atoms with van der Waals surface area (Å²) in [5.41, 5.74) is 0.630. The third kappa shape index (κ3) is 1.69. The summed E-state index contributed by atoms with van der Waals surface area (Å²) in [6.45, 7) is 0. The second-order valence-electron chi connectivity index (χ2n) is 2.77. The summed E-state index contributed by atoms with van der Waals surface area (Å²) in [7, 11) is 0. The summed E-state index contributed by atoms with van der Waals surface area (Å²) >= 11 is 7.65. The lowest BCUT2D eigenvalue weighted by Gasteiger charge is -1.97. The maximum Gasteiger partial charge on any atom is 0.198 e. The standard InChI is InChI=1S/C8H9ClN4S/c1-14-5-2-6-11-12-8-7(9)10-3-4-13(6)8/h3-4H,2,5H2,1H3. The molecule has 14 heavy (non-hydrogen) atoms. The first-order chi connectivity index (χ1) is 6.83. The van der Waals surface area contributed by atoms with Crippen molar-refractivity contribution in [2.45, 2.75) is 6.42 Å². The fourth-order valence-corrected chi connectivity index (χ4v) is 1.78. The average Bonchev–Trinajstić information content (AvgIpc) is 2.60. The van der Waals surface area contributed by atoms with Crippen LogP contribution in [0.5, 0.6) is 0 Å². The van der Waals surface area contributed by atoms with Crippen molar-refractivity contribution in [3.05, 3.63) is 23.4 Å². The van der Waals surface area contributed by atoms with E-state index in [4.69, 9.17) is 11.6 Å². The molecule has 0 radical (unpaired) electrons. The number of fused-ring (bicyclic) bond motifs is 1. The van der Waals surface area contributed by atoms with E-state index in [1.165, 1.54) is 0 Å². The SMILES string of the molecule is CSCCc1nnc2c(Cl)nccn12. The molecule has 0 aromatic carbocycles. The fourth-order valence-electron chi connectivity index (χ4n) is 1.21. The highest BCUT2D eigenvalue weighted by Gasteiger charge is 2.07. The number of hydrogen-bond acceptors (Lipinski definition) is 4. The zero-order valence-corrected chi connectivity index (χ0v) is 9.22. The van der Waals surface area contributed by atoms with Crippen LogP contribution in [0.15, 0.2) is 12.4 Å². The van der Waals surface area contributed by atoms with Gasteiger partial charge in [0.15, 0.2) is 10.8 Å². The molecule has 0 aliphatic rings. The van der Waals surface area contributed by atoms with Crippen LogP contribution in [0.25, 0.3) is 5.65 Å². The number of thioether (sulfide) groups is 1. The van der Waals surface area contributed by atoms with Crippen molar-refractivity contribution in [2.75, 3.05) is 12.0 Å². The molecule has 0 unspecified atom stereocenters. The largest absolute Gasteiger partial charge is 0.282 e. The molecule has 0 fully saturated rings. The topological polar surface area (TPSA) is 43.1 Å². The van der Waals surface area contributed by atoms with Crippen molar-refractivity contribution < 1.29 is 0 Å². The molecule has 0 bridgehead atoms. The van der Waals surface area contributed by atoms with Gasteiger partial charge in [0.05, 0.1) is 0 Å². The number of halogens is 1. The van der Waals surface area contributed by atoms with Crippen molar-refractivity contribution in [2.24, 2.45) is 0 Å². The third-order valence-corrected chi connectivity index (χ3v) is 2.76. The number of aromatic nitrogens is 4. The van der Waals surface area contributed by atoms with E-state index < -0.39 is 0 Å². The van der Waals surface area contributed by atoms with Crippen molar-refractivity contribution in [1.29, 1.82) is 0 Å². The molecular formula is C8H9ClN4S. The Morgan fingerprint density at radius 2 is 2.36 bits per heavy atom. The summed E-state index contributed by atoms with van der Waals surface area (Å²) in [6.07, 6.45) is 6.44. The van der Waals surface area contributed by atoms with Gasteiger partial charge >= 0.3 is 0 Å². The Balaban J connectivity index is 2.42. The predicted molar refractivity (Wildman–Crippen MR) is 57.9 cm³/mol. The Hall–Kier alpha value is -0.810. The van der Waals surface area contributed by atoms with Gasteiger partial charge in [-0.3, -0.25) is 4.40 Å². The minimum Gasteiger partial charge on any atom is -0.282 e. The van der Waals surface area contributed by atoms with Crippen LogP contribution in [0.3, 0.4) is 0 Å². The van der Waals surface area contributed by atoms with Crippen LogP contribution in [-0.4, -0.2) is 31.6 Å². The second kappa shape index (κ2) is 4.14. The van der Waals surface area contributed by atoms with Crippen molar-refractivity contribution in [1.82, 2.24) is 19.6 Å². The van der Waals surface area contributed by atoms with E-state index in [1.54, 1.807) is 18.0 Å². The van der Waals surface area contributed by atoms with E-state index in [0.717, 1.165) is 18.0 Å². The molecule has 2 aromatic heterocycles. The van der Waals surface area contributed by atoms with Crippen LogP contribution in [0.4, 0.5) is 0 Å². The normalized spacial score (nSPS) is 11.0. The smallest absolute Gasteiger partial charge is 0.198 e. The first-order valence-corrected chi connectivity index (χ1v) is 5.93. The van der Waals surface area contributed by atoms with Gasteiger partial charge in [0.25, 0.3) is 0 Å². The van der Waals surface area contributed by atoms with E-state index in [-0.39, 0.29) is 0 Å². The summed E-state index contributed by atoms with van der Waals surface area (Å²) in [4.78, 5) is 3.94.